The summed E-state index contributed by atoms with van der Waals surface area (Å²) in [5.41, 5.74) is -0.835. The van der Waals surface area contributed by atoms with Gasteiger partial charge in [0.2, 0.25) is 0 Å². The molecule has 0 aromatic carbocycles. The van der Waals surface area contributed by atoms with E-state index in [4.69, 9.17) is 0 Å². The van der Waals surface area contributed by atoms with Crippen molar-refractivity contribution in [1.82, 2.24) is 10.3 Å². The molecule has 1 N–H and O–H groups in total. The van der Waals surface area contributed by atoms with Crippen molar-refractivity contribution in [3.63, 3.8) is 0 Å². The number of rotatable bonds is 3. The molecule has 1 aromatic rings. The number of alkyl halides is 3. The lowest BCUT2D eigenvalue weighted by atomic mass is 9.99. The van der Waals surface area contributed by atoms with Crippen LogP contribution in [0.3, 0.4) is 0 Å². The fourth-order valence-electron chi connectivity index (χ4n) is 2.35. The summed E-state index contributed by atoms with van der Waals surface area (Å²) in [6, 6.07) is 4.02. The highest BCUT2D eigenvalue weighted by Crippen LogP contribution is 2.28. The van der Waals surface area contributed by atoms with Crippen molar-refractivity contribution in [3.05, 3.63) is 23.9 Å². The Balaban J connectivity index is 0.00000200. The molecule has 1 atom stereocenters. The van der Waals surface area contributed by atoms with Crippen LogP contribution in [-0.4, -0.2) is 31.7 Å². The van der Waals surface area contributed by atoms with Crippen LogP contribution in [0, 0.1) is 5.92 Å². The Bertz CT molecular complexity index is 420. The van der Waals surface area contributed by atoms with Crippen LogP contribution in [0.15, 0.2) is 18.2 Å². The van der Waals surface area contributed by atoms with Crippen molar-refractivity contribution >= 4 is 18.2 Å². The van der Waals surface area contributed by atoms with E-state index in [2.05, 4.69) is 10.3 Å². The van der Waals surface area contributed by atoms with E-state index in [9.17, 15) is 13.2 Å². The van der Waals surface area contributed by atoms with E-state index in [0.29, 0.717) is 11.7 Å². The Labute approximate surface area is 123 Å². The minimum Gasteiger partial charge on any atom is -0.359 e. The van der Waals surface area contributed by atoms with E-state index in [1.54, 1.807) is 18.0 Å². The third-order valence-corrected chi connectivity index (χ3v) is 3.35. The zero-order valence-electron chi connectivity index (χ0n) is 11.3. The molecule has 0 radical (unpaired) electrons. The van der Waals surface area contributed by atoms with Crippen molar-refractivity contribution in [1.29, 1.82) is 0 Å². The monoisotopic (exact) mass is 309 g/mol. The highest BCUT2D eigenvalue weighted by atomic mass is 35.5. The number of anilines is 1. The van der Waals surface area contributed by atoms with Gasteiger partial charge in [0.25, 0.3) is 0 Å². The van der Waals surface area contributed by atoms with Crippen molar-refractivity contribution in [2.45, 2.75) is 19.0 Å². The quantitative estimate of drug-likeness (QED) is 0.930. The van der Waals surface area contributed by atoms with Gasteiger partial charge < -0.3 is 10.2 Å². The maximum atomic E-state index is 12.6. The van der Waals surface area contributed by atoms with Gasteiger partial charge in [-0.3, -0.25) is 0 Å². The van der Waals surface area contributed by atoms with Crippen molar-refractivity contribution in [2.24, 2.45) is 5.92 Å². The van der Waals surface area contributed by atoms with Gasteiger partial charge in [-0.05, 0) is 44.0 Å². The van der Waals surface area contributed by atoms with Gasteiger partial charge >= 0.3 is 6.18 Å². The number of aromatic nitrogens is 1. The largest absolute Gasteiger partial charge is 0.433 e. The first-order valence-corrected chi connectivity index (χ1v) is 6.43. The van der Waals surface area contributed by atoms with Gasteiger partial charge in [-0.15, -0.1) is 12.4 Å². The lowest BCUT2D eigenvalue weighted by Gasteiger charge is -2.28. The first-order valence-electron chi connectivity index (χ1n) is 6.43. The zero-order valence-corrected chi connectivity index (χ0v) is 12.1. The third-order valence-electron chi connectivity index (χ3n) is 3.35. The summed E-state index contributed by atoms with van der Waals surface area (Å²) in [6.07, 6.45) is -2.16. The zero-order chi connectivity index (χ0) is 13.9. The Hall–Kier alpha value is -1.01. The first-order chi connectivity index (χ1) is 8.97. The van der Waals surface area contributed by atoms with Crippen LogP contribution >= 0.6 is 12.4 Å². The summed E-state index contributed by atoms with van der Waals surface area (Å²) in [5, 5.41) is 3.30. The van der Waals surface area contributed by atoms with Crippen LogP contribution in [0.5, 0.6) is 0 Å². The summed E-state index contributed by atoms with van der Waals surface area (Å²) in [5.74, 6) is 0.843. The van der Waals surface area contributed by atoms with Crippen LogP contribution in [-0.2, 0) is 6.18 Å². The molecule has 20 heavy (non-hydrogen) atoms. The molecule has 0 aliphatic carbocycles. The molecule has 1 saturated heterocycles. The lowest BCUT2D eigenvalue weighted by molar-refractivity contribution is -0.141. The number of hydrogen-bond donors (Lipinski definition) is 1. The van der Waals surface area contributed by atoms with Crippen molar-refractivity contribution in [2.75, 3.05) is 31.6 Å². The predicted octanol–water partition coefficient (Wildman–Crippen LogP) is 2.96. The molecule has 3 nitrogen and oxygen atoms in total. The maximum absolute atomic E-state index is 12.6. The Morgan fingerprint density at radius 1 is 1.40 bits per heavy atom. The fourth-order valence-corrected chi connectivity index (χ4v) is 2.35. The second kappa shape index (κ2) is 7.13. The van der Waals surface area contributed by atoms with Gasteiger partial charge in [-0.25, -0.2) is 4.98 Å². The number of hydrogen-bond acceptors (Lipinski definition) is 3. The molecule has 0 amide bonds. The van der Waals surface area contributed by atoms with Crippen LogP contribution in [0.1, 0.15) is 18.5 Å². The summed E-state index contributed by atoms with van der Waals surface area (Å²) in [4.78, 5) is 5.49. The van der Waals surface area contributed by atoms with Gasteiger partial charge in [0.15, 0.2) is 0 Å². The average molecular weight is 310 g/mol. The first kappa shape index (κ1) is 17.0. The molecule has 7 heteroatoms. The number of halogens is 4. The van der Waals surface area contributed by atoms with E-state index < -0.39 is 11.9 Å². The molecule has 0 saturated carbocycles. The third kappa shape index (κ3) is 4.52. The topological polar surface area (TPSA) is 28.2 Å². The normalized spacial score (nSPS) is 19.3. The van der Waals surface area contributed by atoms with Crippen LogP contribution in [0.2, 0.25) is 0 Å². The lowest BCUT2D eigenvalue weighted by Crippen LogP contribution is -2.37. The second-order valence-corrected chi connectivity index (χ2v) is 4.97. The molecule has 0 bridgehead atoms. The van der Waals surface area contributed by atoms with Gasteiger partial charge in [-0.1, -0.05) is 6.07 Å². The summed E-state index contributed by atoms with van der Waals surface area (Å²) < 4.78 is 37.8. The molecule has 1 aliphatic rings. The molecule has 0 spiro atoms. The number of piperidine rings is 1. The Morgan fingerprint density at radius 2 is 2.15 bits per heavy atom. The van der Waals surface area contributed by atoms with Gasteiger partial charge in [-0.2, -0.15) is 13.2 Å². The molecule has 1 aromatic heterocycles. The average Bonchev–Trinajstić information content (AvgIpc) is 2.39. The van der Waals surface area contributed by atoms with E-state index in [1.807, 2.05) is 0 Å². The standard InChI is InChI=1S/C13H18F3N3.ClH/c1-19(9-10-4-3-7-17-8-10)12-6-2-5-11(18-12)13(14,15)16;/h2,5-6,10,17H,3-4,7-9H2,1H3;1H. The van der Waals surface area contributed by atoms with E-state index >= 15 is 0 Å². The fraction of sp³-hybridized carbons (Fsp3) is 0.615. The summed E-state index contributed by atoms with van der Waals surface area (Å²) >= 11 is 0. The van der Waals surface area contributed by atoms with Gasteiger partial charge in [0.1, 0.15) is 11.5 Å². The molecule has 1 unspecified atom stereocenters. The number of nitrogens with one attached hydrogen (secondary N) is 1. The minimum absolute atomic E-state index is 0. The van der Waals surface area contributed by atoms with E-state index in [1.165, 1.54) is 6.07 Å². The molecule has 114 valence electrons. The predicted molar refractivity (Wildman–Crippen MR) is 75.4 cm³/mol. The number of nitrogens with zero attached hydrogens (tertiary/aromatic N) is 2. The van der Waals surface area contributed by atoms with Crippen LogP contribution < -0.4 is 10.2 Å². The van der Waals surface area contributed by atoms with Crippen molar-refractivity contribution < 1.29 is 13.2 Å². The highest BCUT2D eigenvalue weighted by Gasteiger charge is 2.32. The van der Waals surface area contributed by atoms with Crippen molar-refractivity contribution in [3.8, 4) is 0 Å². The smallest absolute Gasteiger partial charge is 0.359 e. The van der Waals surface area contributed by atoms with E-state index in [0.717, 1.165) is 38.5 Å². The van der Waals surface area contributed by atoms with E-state index in [-0.39, 0.29) is 12.4 Å². The van der Waals surface area contributed by atoms with Gasteiger partial charge in [0.05, 0.1) is 0 Å². The molecule has 2 rings (SSSR count). The summed E-state index contributed by atoms with van der Waals surface area (Å²) in [6.45, 7) is 2.67. The molecular weight excluding hydrogens is 291 g/mol. The highest BCUT2D eigenvalue weighted by molar-refractivity contribution is 5.85. The molecular formula is C13H19ClF3N3. The Morgan fingerprint density at radius 3 is 2.75 bits per heavy atom. The maximum Gasteiger partial charge on any atom is 0.433 e. The van der Waals surface area contributed by atoms with Crippen LogP contribution in [0.25, 0.3) is 0 Å². The van der Waals surface area contributed by atoms with Gasteiger partial charge in [0, 0.05) is 13.6 Å². The SMILES string of the molecule is CN(CC1CCCNC1)c1cccc(C(F)(F)F)n1.Cl. The number of pyridine rings is 1. The molecule has 1 fully saturated rings. The van der Waals surface area contributed by atoms with Crippen LogP contribution in [0.4, 0.5) is 19.0 Å². The molecule has 2 heterocycles. The Kier molecular flexibility index (Phi) is 6.07. The second-order valence-electron chi connectivity index (χ2n) is 4.97. The molecule has 1 aliphatic heterocycles. The summed E-state index contributed by atoms with van der Waals surface area (Å²) in [7, 11) is 1.79. The minimum atomic E-state index is -4.39.